The summed E-state index contributed by atoms with van der Waals surface area (Å²) in [5.74, 6) is -0.115. The van der Waals surface area contributed by atoms with Gasteiger partial charge < -0.3 is 9.64 Å². The Balaban J connectivity index is 1.73. The van der Waals surface area contributed by atoms with Crippen molar-refractivity contribution in [2.75, 3.05) is 45.9 Å². The summed E-state index contributed by atoms with van der Waals surface area (Å²) in [5, 5.41) is -0.745. The molecule has 0 spiro atoms. The van der Waals surface area contributed by atoms with Gasteiger partial charge in [-0.15, -0.1) is 0 Å². The van der Waals surface area contributed by atoms with Crippen LogP contribution in [-0.2, 0) is 18.6 Å². The van der Waals surface area contributed by atoms with Crippen molar-refractivity contribution >= 4 is 25.6 Å². The zero-order valence-corrected chi connectivity index (χ0v) is 12.3. The third kappa shape index (κ3) is 4.30. The molecular formula is C11H19ClN2O4S. The van der Waals surface area contributed by atoms with E-state index in [1.807, 2.05) is 0 Å². The summed E-state index contributed by atoms with van der Waals surface area (Å²) in [6.07, 6.45) is 0.865. The van der Waals surface area contributed by atoms with E-state index in [2.05, 4.69) is 4.90 Å². The molecule has 19 heavy (non-hydrogen) atoms. The van der Waals surface area contributed by atoms with E-state index in [0.29, 0.717) is 6.54 Å². The van der Waals surface area contributed by atoms with Gasteiger partial charge in [0.05, 0.1) is 13.2 Å². The fourth-order valence-corrected chi connectivity index (χ4v) is 3.51. The zero-order chi connectivity index (χ0) is 13.9. The van der Waals surface area contributed by atoms with Crippen molar-refractivity contribution in [3.05, 3.63) is 0 Å². The molecule has 2 aliphatic heterocycles. The number of hydrogen-bond donors (Lipinski definition) is 0. The first-order chi connectivity index (χ1) is 8.97. The van der Waals surface area contributed by atoms with Crippen molar-refractivity contribution in [3.63, 3.8) is 0 Å². The van der Waals surface area contributed by atoms with Gasteiger partial charge >= 0.3 is 0 Å². The molecule has 0 aromatic rings. The van der Waals surface area contributed by atoms with Gasteiger partial charge in [-0.3, -0.25) is 9.69 Å². The zero-order valence-electron chi connectivity index (χ0n) is 10.8. The van der Waals surface area contributed by atoms with E-state index >= 15 is 0 Å². The molecule has 0 bridgehead atoms. The molecule has 2 rings (SSSR count). The Morgan fingerprint density at radius 1 is 1.26 bits per heavy atom. The summed E-state index contributed by atoms with van der Waals surface area (Å²) in [7, 11) is 1.67. The lowest BCUT2D eigenvalue weighted by molar-refractivity contribution is -0.127. The molecule has 1 atom stereocenters. The van der Waals surface area contributed by atoms with Crippen LogP contribution in [0.25, 0.3) is 0 Å². The van der Waals surface area contributed by atoms with E-state index in [4.69, 9.17) is 15.4 Å². The third-order valence-electron chi connectivity index (χ3n) is 3.58. The quantitative estimate of drug-likeness (QED) is 0.662. The van der Waals surface area contributed by atoms with Crippen LogP contribution in [0.1, 0.15) is 12.8 Å². The Hall–Kier alpha value is -0.370. The first-order valence-electron chi connectivity index (χ1n) is 6.48. The second-order valence-electron chi connectivity index (χ2n) is 4.95. The smallest absolute Gasteiger partial charge is 0.237 e. The van der Waals surface area contributed by atoms with Crippen molar-refractivity contribution in [1.82, 2.24) is 9.80 Å². The number of carbonyl (C=O) groups is 1. The maximum atomic E-state index is 11.7. The summed E-state index contributed by atoms with van der Waals surface area (Å²) in [6.45, 7) is 5.10. The Morgan fingerprint density at radius 3 is 2.53 bits per heavy atom. The maximum Gasteiger partial charge on any atom is 0.237 e. The Morgan fingerprint density at radius 2 is 1.95 bits per heavy atom. The standard InChI is InChI=1S/C11H19ClN2O4S/c12-19(16,17)10-8-11(15)14(9-10)3-1-2-13-4-6-18-7-5-13/h10H,1-9H2. The molecule has 2 fully saturated rings. The predicted molar refractivity (Wildman–Crippen MR) is 71.6 cm³/mol. The van der Waals surface area contributed by atoms with Gasteiger partial charge in [-0.25, -0.2) is 8.42 Å². The van der Waals surface area contributed by atoms with E-state index in [9.17, 15) is 13.2 Å². The normalized spacial score (nSPS) is 26.1. The minimum absolute atomic E-state index is 0.0172. The molecule has 1 unspecified atom stereocenters. The molecular weight excluding hydrogens is 292 g/mol. The Bertz CT molecular complexity index is 422. The topological polar surface area (TPSA) is 66.9 Å². The molecule has 1 amide bonds. The first-order valence-corrected chi connectivity index (χ1v) is 8.85. The molecule has 0 N–H and O–H groups in total. The largest absolute Gasteiger partial charge is 0.379 e. The molecule has 110 valence electrons. The molecule has 0 saturated carbocycles. The molecule has 0 aromatic carbocycles. The van der Waals surface area contributed by atoms with E-state index in [0.717, 1.165) is 39.3 Å². The molecule has 0 aromatic heterocycles. The number of morpholine rings is 1. The lowest BCUT2D eigenvalue weighted by atomic mass is 10.3. The molecule has 2 saturated heterocycles. The van der Waals surface area contributed by atoms with Gasteiger partial charge in [0, 0.05) is 49.8 Å². The molecule has 2 aliphatic rings. The number of amides is 1. The van der Waals surface area contributed by atoms with Gasteiger partial charge in [-0.2, -0.15) is 0 Å². The minimum atomic E-state index is -3.63. The highest BCUT2D eigenvalue weighted by atomic mass is 35.7. The van der Waals surface area contributed by atoms with E-state index in [-0.39, 0.29) is 18.9 Å². The maximum absolute atomic E-state index is 11.7. The van der Waals surface area contributed by atoms with Gasteiger partial charge in [-0.1, -0.05) is 0 Å². The monoisotopic (exact) mass is 310 g/mol. The number of ether oxygens (including phenoxy) is 1. The highest BCUT2D eigenvalue weighted by Crippen LogP contribution is 2.21. The highest BCUT2D eigenvalue weighted by Gasteiger charge is 2.36. The van der Waals surface area contributed by atoms with Crippen LogP contribution in [-0.4, -0.2) is 75.3 Å². The van der Waals surface area contributed by atoms with Crippen molar-refractivity contribution in [3.8, 4) is 0 Å². The minimum Gasteiger partial charge on any atom is -0.379 e. The third-order valence-corrected chi connectivity index (χ3v) is 5.45. The van der Waals surface area contributed by atoms with Crippen LogP contribution in [0.15, 0.2) is 0 Å². The average Bonchev–Trinajstić information content (AvgIpc) is 2.72. The van der Waals surface area contributed by atoms with Crippen LogP contribution in [0.4, 0.5) is 0 Å². The van der Waals surface area contributed by atoms with E-state index < -0.39 is 14.3 Å². The van der Waals surface area contributed by atoms with E-state index in [1.54, 1.807) is 4.90 Å². The predicted octanol–water partition coefficient (Wildman–Crippen LogP) is -0.122. The fraction of sp³-hybridized carbons (Fsp3) is 0.909. The summed E-state index contributed by atoms with van der Waals surface area (Å²) < 4.78 is 27.7. The second kappa shape index (κ2) is 6.39. The van der Waals surface area contributed by atoms with Gasteiger partial charge in [0.25, 0.3) is 0 Å². The number of nitrogens with zero attached hydrogens (tertiary/aromatic N) is 2. The number of halogens is 1. The number of hydrogen-bond acceptors (Lipinski definition) is 5. The molecule has 6 nitrogen and oxygen atoms in total. The lowest BCUT2D eigenvalue weighted by Gasteiger charge is -2.27. The van der Waals surface area contributed by atoms with Crippen LogP contribution in [0.3, 0.4) is 0 Å². The summed E-state index contributed by atoms with van der Waals surface area (Å²) in [6, 6.07) is 0. The van der Waals surface area contributed by atoms with Crippen LogP contribution < -0.4 is 0 Å². The van der Waals surface area contributed by atoms with Crippen LogP contribution in [0, 0.1) is 0 Å². The average molecular weight is 311 g/mol. The van der Waals surface area contributed by atoms with E-state index in [1.165, 1.54) is 0 Å². The summed E-state index contributed by atoms with van der Waals surface area (Å²) in [4.78, 5) is 15.6. The first kappa shape index (κ1) is 15.0. The van der Waals surface area contributed by atoms with Crippen molar-refractivity contribution in [1.29, 1.82) is 0 Å². The van der Waals surface area contributed by atoms with Crippen LogP contribution in [0.2, 0.25) is 0 Å². The van der Waals surface area contributed by atoms with Gasteiger partial charge in [0.1, 0.15) is 5.25 Å². The molecule has 0 aliphatic carbocycles. The van der Waals surface area contributed by atoms with Crippen LogP contribution >= 0.6 is 10.7 Å². The fourth-order valence-electron chi connectivity index (χ4n) is 2.45. The van der Waals surface area contributed by atoms with Crippen molar-refractivity contribution in [2.45, 2.75) is 18.1 Å². The Kier molecular flexibility index (Phi) is 5.05. The summed E-state index contributed by atoms with van der Waals surface area (Å²) in [5.41, 5.74) is 0. The SMILES string of the molecule is O=C1CC(S(=O)(=O)Cl)CN1CCCN1CCOCC1. The number of rotatable bonds is 5. The molecule has 2 heterocycles. The molecule has 8 heteroatoms. The second-order valence-corrected chi connectivity index (χ2v) is 7.86. The van der Waals surface area contributed by atoms with Gasteiger partial charge in [0.2, 0.25) is 15.0 Å². The van der Waals surface area contributed by atoms with Gasteiger partial charge in [-0.05, 0) is 6.42 Å². The van der Waals surface area contributed by atoms with Crippen LogP contribution in [0.5, 0.6) is 0 Å². The van der Waals surface area contributed by atoms with Gasteiger partial charge in [0.15, 0.2) is 0 Å². The highest BCUT2D eigenvalue weighted by molar-refractivity contribution is 8.14. The number of likely N-dealkylation sites (tertiary alicyclic amines) is 1. The molecule has 0 radical (unpaired) electrons. The van der Waals surface area contributed by atoms with Crippen molar-refractivity contribution < 1.29 is 17.9 Å². The van der Waals surface area contributed by atoms with Crippen molar-refractivity contribution in [2.24, 2.45) is 0 Å². The lowest BCUT2D eigenvalue weighted by Crippen LogP contribution is -2.38. The Labute approximate surface area is 118 Å². The number of carbonyl (C=O) groups excluding carboxylic acids is 1. The summed E-state index contributed by atoms with van der Waals surface area (Å²) >= 11 is 0.